The molecule has 1 aromatic rings. The van der Waals surface area contributed by atoms with Gasteiger partial charge in [-0.3, -0.25) is 9.80 Å². The van der Waals surface area contributed by atoms with Crippen molar-refractivity contribution < 1.29 is 0 Å². The SMILES string of the molecule is CC(C)N1CC=C(C2=CCC(C(C)(C)N3CC=C(c4ccccc4Cl)CC3)CC2)CC1. The van der Waals surface area contributed by atoms with Crippen LogP contribution >= 0.6 is 11.6 Å². The van der Waals surface area contributed by atoms with Gasteiger partial charge in [-0.25, -0.2) is 0 Å². The Labute approximate surface area is 194 Å². The lowest BCUT2D eigenvalue weighted by Crippen LogP contribution is -2.51. The molecule has 31 heavy (non-hydrogen) atoms. The van der Waals surface area contributed by atoms with Crippen LogP contribution in [0.15, 0.2) is 53.6 Å². The van der Waals surface area contributed by atoms with Gasteiger partial charge < -0.3 is 0 Å². The Morgan fingerprint density at radius 2 is 1.61 bits per heavy atom. The van der Waals surface area contributed by atoms with E-state index in [9.17, 15) is 0 Å². The van der Waals surface area contributed by atoms with E-state index < -0.39 is 0 Å². The van der Waals surface area contributed by atoms with Gasteiger partial charge >= 0.3 is 0 Å². The molecule has 4 rings (SSSR count). The van der Waals surface area contributed by atoms with Crippen LogP contribution in [-0.2, 0) is 0 Å². The monoisotopic (exact) mass is 438 g/mol. The van der Waals surface area contributed by atoms with Gasteiger partial charge in [0.15, 0.2) is 0 Å². The van der Waals surface area contributed by atoms with Crippen molar-refractivity contribution in [1.82, 2.24) is 9.80 Å². The average Bonchev–Trinajstić information content (AvgIpc) is 2.80. The summed E-state index contributed by atoms with van der Waals surface area (Å²) in [5.74, 6) is 0.725. The standard InChI is InChI=1S/C28H39ClN2/c1-21(2)30-17-13-23(14-18-30)22-9-11-25(12-10-22)28(3,4)31-19-15-24(16-20-31)26-7-5-6-8-27(26)29/h5-9,13,15,21,25H,10-12,14,16-20H2,1-4H3. The first-order chi connectivity index (χ1) is 14.9. The number of rotatable bonds is 5. The second kappa shape index (κ2) is 9.65. The van der Waals surface area contributed by atoms with Crippen molar-refractivity contribution in [3.8, 4) is 0 Å². The van der Waals surface area contributed by atoms with E-state index in [0.29, 0.717) is 6.04 Å². The molecule has 0 spiro atoms. The quantitative estimate of drug-likeness (QED) is 0.489. The van der Waals surface area contributed by atoms with Crippen LogP contribution in [0.3, 0.4) is 0 Å². The van der Waals surface area contributed by atoms with Gasteiger partial charge in [-0.1, -0.05) is 48.0 Å². The smallest absolute Gasteiger partial charge is 0.0481 e. The zero-order chi connectivity index (χ0) is 22.0. The summed E-state index contributed by atoms with van der Waals surface area (Å²) in [6.07, 6.45) is 13.5. The van der Waals surface area contributed by atoms with Gasteiger partial charge in [0.05, 0.1) is 0 Å². The van der Waals surface area contributed by atoms with Gasteiger partial charge in [-0.2, -0.15) is 0 Å². The number of allylic oxidation sites excluding steroid dienone is 2. The van der Waals surface area contributed by atoms with Gasteiger partial charge in [0, 0.05) is 42.8 Å². The molecule has 3 heteroatoms. The van der Waals surface area contributed by atoms with Crippen LogP contribution < -0.4 is 0 Å². The van der Waals surface area contributed by atoms with Crippen molar-refractivity contribution in [2.75, 3.05) is 26.2 Å². The highest BCUT2D eigenvalue weighted by atomic mass is 35.5. The third-order valence-corrected chi connectivity index (χ3v) is 8.37. The largest absolute Gasteiger partial charge is 0.297 e. The molecule has 2 heterocycles. The minimum Gasteiger partial charge on any atom is -0.297 e. The van der Waals surface area contributed by atoms with Gasteiger partial charge in [-0.05, 0) is 94.1 Å². The predicted octanol–water partition coefficient (Wildman–Crippen LogP) is 6.97. The number of nitrogens with zero attached hydrogens (tertiary/aromatic N) is 2. The molecule has 2 aliphatic heterocycles. The summed E-state index contributed by atoms with van der Waals surface area (Å²) in [6, 6.07) is 8.91. The summed E-state index contributed by atoms with van der Waals surface area (Å²) in [5, 5.41) is 0.875. The predicted molar refractivity (Wildman–Crippen MR) is 135 cm³/mol. The molecule has 0 radical (unpaired) electrons. The molecule has 0 saturated heterocycles. The molecular formula is C28H39ClN2. The summed E-state index contributed by atoms with van der Waals surface area (Å²) < 4.78 is 0. The van der Waals surface area contributed by atoms with E-state index in [1.54, 1.807) is 11.1 Å². The van der Waals surface area contributed by atoms with Gasteiger partial charge in [0.25, 0.3) is 0 Å². The molecule has 1 aliphatic carbocycles. The topological polar surface area (TPSA) is 6.48 Å². The average molecular weight is 439 g/mol. The molecule has 0 aromatic heterocycles. The molecule has 0 bridgehead atoms. The van der Waals surface area contributed by atoms with E-state index in [1.807, 2.05) is 12.1 Å². The van der Waals surface area contributed by atoms with E-state index in [1.165, 1.54) is 43.4 Å². The molecule has 1 atom stereocenters. The molecule has 0 fully saturated rings. The van der Waals surface area contributed by atoms with Crippen LogP contribution in [0.25, 0.3) is 5.57 Å². The second-order valence-corrected chi connectivity index (χ2v) is 10.7. The number of hydrogen-bond acceptors (Lipinski definition) is 2. The maximum Gasteiger partial charge on any atom is 0.0481 e. The molecule has 2 nitrogen and oxygen atoms in total. The van der Waals surface area contributed by atoms with Crippen molar-refractivity contribution in [2.45, 2.75) is 71.4 Å². The lowest BCUT2D eigenvalue weighted by molar-refractivity contribution is 0.0667. The first-order valence-corrected chi connectivity index (χ1v) is 12.6. The Balaban J connectivity index is 1.38. The second-order valence-electron chi connectivity index (χ2n) is 10.3. The van der Waals surface area contributed by atoms with Crippen molar-refractivity contribution >= 4 is 17.2 Å². The van der Waals surface area contributed by atoms with E-state index in [-0.39, 0.29) is 5.54 Å². The molecule has 1 aromatic carbocycles. The van der Waals surface area contributed by atoms with Crippen LogP contribution in [0.5, 0.6) is 0 Å². The van der Waals surface area contributed by atoms with Crippen LogP contribution in [0.2, 0.25) is 5.02 Å². The first-order valence-electron chi connectivity index (χ1n) is 12.2. The maximum atomic E-state index is 6.44. The van der Waals surface area contributed by atoms with Crippen molar-refractivity contribution in [2.24, 2.45) is 5.92 Å². The lowest BCUT2D eigenvalue weighted by Gasteiger charge is -2.47. The van der Waals surface area contributed by atoms with Crippen LogP contribution in [0.1, 0.15) is 65.4 Å². The summed E-state index contributed by atoms with van der Waals surface area (Å²) in [6.45, 7) is 14.0. The van der Waals surface area contributed by atoms with E-state index >= 15 is 0 Å². The summed E-state index contributed by atoms with van der Waals surface area (Å²) >= 11 is 6.44. The summed E-state index contributed by atoms with van der Waals surface area (Å²) in [5.41, 5.74) is 6.10. The fraction of sp³-hybridized carbons (Fsp3) is 0.571. The zero-order valence-electron chi connectivity index (χ0n) is 19.8. The Morgan fingerprint density at radius 3 is 2.19 bits per heavy atom. The molecule has 168 valence electrons. The summed E-state index contributed by atoms with van der Waals surface area (Å²) in [7, 11) is 0. The van der Waals surface area contributed by atoms with E-state index in [2.05, 4.69) is 67.9 Å². The molecular weight excluding hydrogens is 400 g/mol. The minimum atomic E-state index is 0.222. The third kappa shape index (κ3) is 5.02. The van der Waals surface area contributed by atoms with Crippen molar-refractivity contribution in [3.63, 3.8) is 0 Å². The molecule has 0 saturated carbocycles. The molecule has 0 N–H and O–H groups in total. The van der Waals surface area contributed by atoms with Crippen LogP contribution in [-0.4, -0.2) is 47.6 Å². The van der Waals surface area contributed by atoms with Gasteiger partial charge in [0.1, 0.15) is 0 Å². The van der Waals surface area contributed by atoms with E-state index in [0.717, 1.165) is 37.0 Å². The number of halogens is 1. The van der Waals surface area contributed by atoms with Crippen LogP contribution in [0, 0.1) is 5.92 Å². The number of hydrogen-bond donors (Lipinski definition) is 0. The fourth-order valence-electron chi connectivity index (χ4n) is 5.63. The maximum absolute atomic E-state index is 6.44. The highest BCUT2D eigenvalue weighted by Crippen LogP contribution is 2.40. The molecule has 1 unspecified atom stereocenters. The Morgan fingerprint density at radius 1 is 0.903 bits per heavy atom. The highest BCUT2D eigenvalue weighted by Gasteiger charge is 2.37. The Hall–Kier alpha value is -1.35. The van der Waals surface area contributed by atoms with Crippen molar-refractivity contribution in [1.29, 1.82) is 0 Å². The minimum absolute atomic E-state index is 0.222. The number of benzene rings is 1. The van der Waals surface area contributed by atoms with Gasteiger partial charge in [-0.15, -0.1) is 0 Å². The normalized spacial score (nSPS) is 24.1. The third-order valence-electron chi connectivity index (χ3n) is 8.04. The highest BCUT2D eigenvalue weighted by molar-refractivity contribution is 6.32. The Bertz CT molecular complexity index is 877. The molecule has 3 aliphatic rings. The molecule has 0 amide bonds. The summed E-state index contributed by atoms with van der Waals surface area (Å²) in [4.78, 5) is 5.26. The van der Waals surface area contributed by atoms with Crippen molar-refractivity contribution in [3.05, 3.63) is 64.2 Å². The van der Waals surface area contributed by atoms with Gasteiger partial charge in [0.2, 0.25) is 0 Å². The van der Waals surface area contributed by atoms with E-state index in [4.69, 9.17) is 11.6 Å². The Kier molecular flexibility index (Phi) is 7.10. The van der Waals surface area contributed by atoms with Crippen LogP contribution in [0.4, 0.5) is 0 Å². The fourth-order valence-corrected chi connectivity index (χ4v) is 5.89. The lowest BCUT2D eigenvalue weighted by atomic mass is 9.74. The zero-order valence-corrected chi connectivity index (χ0v) is 20.6. The first kappa shape index (κ1) is 22.8.